The van der Waals surface area contributed by atoms with Gasteiger partial charge >= 0.3 is 6.02 Å². The molecule has 2 aromatic heterocycles. The van der Waals surface area contributed by atoms with E-state index in [2.05, 4.69) is 37.8 Å². The summed E-state index contributed by atoms with van der Waals surface area (Å²) >= 11 is 0. The number of benzene rings is 2. The van der Waals surface area contributed by atoms with Gasteiger partial charge < -0.3 is 9.64 Å². The number of nitrogens with zero attached hydrogens (tertiary/aromatic N) is 6. The molecule has 1 saturated heterocycles. The Morgan fingerprint density at radius 1 is 1.03 bits per heavy atom. The van der Waals surface area contributed by atoms with Crippen LogP contribution in [-0.2, 0) is 12.0 Å². The Labute approximate surface area is 191 Å². The number of aliphatic imine (C=N–C) groups is 1. The molecular weight excluding hydrogens is 412 g/mol. The first kappa shape index (κ1) is 19.5. The number of hydrogen-bond donors (Lipinski definition) is 0. The number of ether oxygens (including phenoxy) is 1. The molecular formula is C26H22N6O. The lowest BCUT2D eigenvalue weighted by atomic mass is 9.82. The summed E-state index contributed by atoms with van der Waals surface area (Å²) in [5.74, 6) is 0.676. The van der Waals surface area contributed by atoms with E-state index in [9.17, 15) is 5.26 Å². The number of pyridine rings is 1. The first-order valence-corrected chi connectivity index (χ1v) is 11.1. The van der Waals surface area contributed by atoms with Crippen LogP contribution in [0.15, 0.2) is 77.9 Å². The van der Waals surface area contributed by atoms with Crippen molar-refractivity contribution in [1.29, 1.82) is 5.26 Å². The first-order valence-electron chi connectivity index (χ1n) is 11.1. The summed E-state index contributed by atoms with van der Waals surface area (Å²) in [4.78, 5) is 10.7. The second-order valence-corrected chi connectivity index (χ2v) is 8.67. The van der Waals surface area contributed by atoms with Crippen molar-refractivity contribution in [1.82, 2.24) is 19.7 Å². The zero-order chi connectivity index (χ0) is 22.3. The fourth-order valence-corrected chi connectivity index (χ4v) is 5.06. The molecule has 7 nitrogen and oxygen atoms in total. The lowest BCUT2D eigenvalue weighted by molar-refractivity contribution is 0.361. The van der Waals surface area contributed by atoms with Crippen LogP contribution in [-0.4, -0.2) is 38.8 Å². The molecule has 4 heterocycles. The molecule has 162 valence electrons. The summed E-state index contributed by atoms with van der Waals surface area (Å²) in [6, 6.07) is 22.3. The molecule has 6 rings (SSSR count). The molecule has 0 saturated carbocycles. The van der Waals surface area contributed by atoms with E-state index in [1.165, 1.54) is 5.69 Å². The van der Waals surface area contributed by atoms with E-state index in [1.807, 2.05) is 60.9 Å². The normalized spacial score (nSPS) is 19.7. The second kappa shape index (κ2) is 7.75. The number of rotatable bonds is 2. The summed E-state index contributed by atoms with van der Waals surface area (Å²) in [5, 5.41) is 15.2. The number of aromatic nitrogens is 3. The number of aryl methyl sites for hydroxylation is 1. The fraction of sp³-hybridized carbons (Fsp3) is 0.231. The van der Waals surface area contributed by atoms with Crippen LogP contribution in [0.25, 0.3) is 22.2 Å². The standard InChI is InChI=1S/C26H22N6O/c27-18-29-25(33-21-7-2-1-3-8-21)31-12-10-26(17-31)11-13-32-24(26)15-23(30-32)20-14-19-6-4-5-9-22(19)28-16-20/h1-9,14-16H,10-13,17H2/b29-25-. The number of likely N-dealkylation sites (tertiary alicyclic amines) is 1. The van der Waals surface area contributed by atoms with Crippen molar-refractivity contribution in [2.24, 2.45) is 4.99 Å². The Kier molecular flexibility index (Phi) is 4.58. The monoisotopic (exact) mass is 434 g/mol. The van der Waals surface area contributed by atoms with Crippen molar-refractivity contribution in [3.05, 3.63) is 78.6 Å². The molecule has 2 aliphatic rings. The smallest absolute Gasteiger partial charge is 0.308 e. The van der Waals surface area contributed by atoms with Crippen molar-refractivity contribution in [2.75, 3.05) is 13.1 Å². The third kappa shape index (κ3) is 3.40. The van der Waals surface area contributed by atoms with E-state index in [1.54, 1.807) is 0 Å². The van der Waals surface area contributed by atoms with E-state index < -0.39 is 0 Å². The lowest BCUT2D eigenvalue weighted by Gasteiger charge is -2.24. The van der Waals surface area contributed by atoms with Gasteiger partial charge in [-0.2, -0.15) is 10.4 Å². The van der Waals surface area contributed by atoms with E-state index in [0.29, 0.717) is 11.8 Å². The zero-order valence-electron chi connectivity index (χ0n) is 18.1. The second-order valence-electron chi connectivity index (χ2n) is 8.67. The Hall–Kier alpha value is -4.18. The highest BCUT2D eigenvalue weighted by Crippen LogP contribution is 2.44. The van der Waals surface area contributed by atoms with Gasteiger partial charge in [0.25, 0.3) is 0 Å². The van der Waals surface area contributed by atoms with Gasteiger partial charge in [0.2, 0.25) is 6.19 Å². The van der Waals surface area contributed by atoms with Crippen LogP contribution in [0.4, 0.5) is 0 Å². The molecule has 0 amide bonds. The number of amidine groups is 1. The lowest BCUT2D eigenvalue weighted by Crippen LogP contribution is -2.36. The van der Waals surface area contributed by atoms with Crippen LogP contribution >= 0.6 is 0 Å². The molecule has 0 aliphatic carbocycles. The van der Waals surface area contributed by atoms with Crippen LogP contribution < -0.4 is 4.74 Å². The SMILES string of the molecule is N#C/N=C(\Oc1ccccc1)N1CCC2(CCn3nc(-c4cnc5ccccc5c4)cc32)C1. The van der Waals surface area contributed by atoms with Gasteiger partial charge in [0.15, 0.2) is 0 Å². The molecule has 0 bridgehead atoms. The summed E-state index contributed by atoms with van der Waals surface area (Å²) < 4.78 is 8.10. The molecule has 1 atom stereocenters. The zero-order valence-corrected chi connectivity index (χ0v) is 18.1. The summed E-state index contributed by atoms with van der Waals surface area (Å²) in [7, 11) is 0. The van der Waals surface area contributed by atoms with Gasteiger partial charge in [0.1, 0.15) is 5.75 Å². The Balaban J connectivity index is 1.28. The summed E-state index contributed by atoms with van der Waals surface area (Å²) in [6.07, 6.45) is 5.79. The molecule has 0 N–H and O–H groups in total. The van der Waals surface area contributed by atoms with E-state index in [4.69, 9.17) is 9.84 Å². The average molecular weight is 435 g/mol. The third-order valence-electron chi connectivity index (χ3n) is 6.73. The molecule has 1 unspecified atom stereocenters. The van der Waals surface area contributed by atoms with Crippen LogP contribution in [0.5, 0.6) is 5.75 Å². The first-order chi connectivity index (χ1) is 16.2. The van der Waals surface area contributed by atoms with Gasteiger partial charge in [-0.1, -0.05) is 36.4 Å². The van der Waals surface area contributed by atoms with Crippen LogP contribution in [0.2, 0.25) is 0 Å². The fourth-order valence-electron chi connectivity index (χ4n) is 5.06. The summed E-state index contributed by atoms with van der Waals surface area (Å²) in [6.45, 7) is 2.42. The molecule has 2 aromatic carbocycles. The largest absolute Gasteiger partial charge is 0.425 e. The molecule has 1 fully saturated rings. The number of fused-ring (bicyclic) bond motifs is 3. The predicted molar refractivity (Wildman–Crippen MR) is 126 cm³/mol. The van der Waals surface area contributed by atoms with Crippen LogP contribution in [0.1, 0.15) is 18.5 Å². The van der Waals surface area contributed by atoms with Crippen LogP contribution in [0, 0.1) is 11.5 Å². The quantitative estimate of drug-likeness (QED) is 0.266. The molecule has 1 spiro atoms. The highest BCUT2D eigenvalue weighted by atomic mass is 16.5. The summed E-state index contributed by atoms with van der Waals surface area (Å²) in [5.41, 5.74) is 4.18. The van der Waals surface area contributed by atoms with Crippen molar-refractivity contribution < 1.29 is 4.74 Å². The minimum atomic E-state index is -0.0220. The maximum atomic E-state index is 9.23. The van der Waals surface area contributed by atoms with E-state index >= 15 is 0 Å². The molecule has 7 heteroatoms. The predicted octanol–water partition coefficient (Wildman–Crippen LogP) is 4.36. The van der Waals surface area contributed by atoms with Crippen molar-refractivity contribution in [2.45, 2.75) is 24.8 Å². The van der Waals surface area contributed by atoms with Crippen molar-refractivity contribution >= 4 is 16.9 Å². The van der Waals surface area contributed by atoms with Gasteiger partial charge in [-0.15, -0.1) is 4.99 Å². The Morgan fingerprint density at radius 2 is 1.85 bits per heavy atom. The number of para-hydroxylation sites is 2. The third-order valence-corrected chi connectivity index (χ3v) is 6.73. The van der Waals surface area contributed by atoms with Gasteiger partial charge in [0, 0.05) is 47.9 Å². The molecule has 4 aromatic rings. The molecule has 0 radical (unpaired) electrons. The maximum absolute atomic E-state index is 9.23. The minimum absolute atomic E-state index is 0.0220. The minimum Gasteiger partial charge on any atom is -0.425 e. The van der Waals surface area contributed by atoms with Crippen molar-refractivity contribution in [3.8, 4) is 23.2 Å². The van der Waals surface area contributed by atoms with Crippen LogP contribution in [0.3, 0.4) is 0 Å². The Bertz CT molecular complexity index is 1400. The average Bonchev–Trinajstić information content (AvgIpc) is 3.56. The highest BCUT2D eigenvalue weighted by Gasteiger charge is 2.47. The van der Waals surface area contributed by atoms with Gasteiger partial charge in [0.05, 0.1) is 11.2 Å². The van der Waals surface area contributed by atoms with Gasteiger partial charge in [-0.05, 0) is 43.2 Å². The number of hydrogen-bond acceptors (Lipinski definition) is 5. The van der Waals surface area contributed by atoms with Crippen molar-refractivity contribution in [3.63, 3.8) is 0 Å². The molecule has 2 aliphatic heterocycles. The van der Waals surface area contributed by atoms with Gasteiger partial charge in [-0.3, -0.25) is 9.67 Å². The number of nitriles is 1. The van der Waals surface area contributed by atoms with Gasteiger partial charge in [-0.25, -0.2) is 0 Å². The van der Waals surface area contributed by atoms with E-state index in [0.717, 1.165) is 54.6 Å². The topological polar surface area (TPSA) is 79.3 Å². The Morgan fingerprint density at radius 3 is 2.73 bits per heavy atom. The highest BCUT2D eigenvalue weighted by molar-refractivity contribution is 5.83. The molecule has 33 heavy (non-hydrogen) atoms. The van der Waals surface area contributed by atoms with E-state index in [-0.39, 0.29) is 5.41 Å². The maximum Gasteiger partial charge on any atom is 0.308 e.